The fourth-order valence-electron chi connectivity index (χ4n) is 6.11. The highest BCUT2D eigenvalue weighted by Crippen LogP contribution is 2.17. The van der Waals surface area contributed by atoms with Crippen molar-refractivity contribution in [3.63, 3.8) is 0 Å². The third-order valence-electron chi connectivity index (χ3n) is 10.1. The number of ether oxygens (including phenoxy) is 3. The Morgan fingerprint density at radius 3 is 1.06 bits per heavy atom. The number of carbonyl (C=O) groups excluding carboxylic acids is 3. The van der Waals surface area contributed by atoms with Gasteiger partial charge in [-0.2, -0.15) is 0 Å². The molecule has 0 rings (SSSR count). The maximum atomic E-state index is 12.6. The van der Waals surface area contributed by atoms with Crippen molar-refractivity contribution in [2.45, 2.75) is 227 Å². The highest BCUT2D eigenvalue weighted by Gasteiger charge is 2.19. The summed E-state index contributed by atoms with van der Waals surface area (Å²) in [6.45, 7) is 13.6. The molecule has 0 amide bonds. The van der Waals surface area contributed by atoms with Crippen molar-refractivity contribution in [3.8, 4) is 0 Å². The molecule has 2 unspecified atom stereocenters. The molecule has 6 heteroatoms. The molecule has 0 saturated carbocycles. The highest BCUT2D eigenvalue weighted by molar-refractivity contribution is 5.71. The van der Waals surface area contributed by atoms with Crippen LogP contribution in [0.3, 0.4) is 0 Å². The number of esters is 3. The third-order valence-corrected chi connectivity index (χ3v) is 10.1. The molecule has 0 N–H and O–H groups in total. The molecule has 0 aliphatic carbocycles. The molecule has 0 heterocycles. The summed E-state index contributed by atoms with van der Waals surface area (Å²) in [5.74, 6) is 1.55. The second-order valence-corrected chi connectivity index (χ2v) is 15.6. The summed E-state index contributed by atoms with van der Waals surface area (Å²) < 4.78 is 16.6. The van der Waals surface area contributed by atoms with E-state index < -0.39 is 6.10 Å². The molecule has 0 bridgehead atoms. The maximum absolute atomic E-state index is 12.6. The van der Waals surface area contributed by atoms with Gasteiger partial charge in [0.25, 0.3) is 0 Å². The SMILES string of the molecule is CCC(C)CCCCCCCCCCC(=O)OC[C@H](COC(=O)CCCCCCCCC(C)CC)OC(=O)CCCCCCCCC(C)C. The van der Waals surface area contributed by atoms with Gasteiger partial charge in [0.1, 0.15) is 13.2 Å². The predicted molar refractivity (Wildman–Crippen MR) is 206 cm³/mol. The van der Waals surface area contributed by atoms with Crippen LogP contribution in [0.1, 0.15) is 221 Å². The molecule has 0 aromatic carbocycles. The fraction of sp³-hybridized carbons (Fsp3) is 0.930. The molecule has 290 valence electrons. The topological polar surface area (TPSA) is 78.9 Å². The summed E-state index contributed by atoms with van der Waals surface area (Å²) in [6, 6.07) is 0. The van der Waals surface area contributed by atoms with Gasteiger partial charge in [0, 0.05) is 19.3 Å². The van der Waals surface area contributed by atoms with Crippen LogP contribution in [0, 0.1) is 17.8 Å². The second kappa shape index (κ2) is 34.8. The van der Waals surface area contributed by atoms with Crippen LogP contribution < -0.4 is 0 Å². The predicted octanol–water partition coefficient (Wildman–Crippen LogP) is 12.9. The first kappa shape index (κ1) is 47.4. The average molecular weight is 695 g/mol. The molecule has 0 aromatic heterocycles. The van der Waals surface area contributed by atoms with Crippen molar-refractivity contribution < 1.29 is 28.6 Å². The Morgan fingerprint density at radius 1 is 0.408 bits per heavy atom. The number of rotatable bonds is 36. The Bertz CT molecular complexity index is 765. The summed E-state index contributed by atoms with van der Waals surface area (Å²) in [5, 5.41) is 0. The first-order chi connectivity index (χ1) is 23.7. The van der Waals surface area contributed by atoms with Crippen molar-refractivity contribution in [2.24, 2.45) is 17.8 Å². The average Bonchev–Trinajstić information content (AvgIpc) is 3.08. The van der Waals surface area contributed by atoms with Gasteiger partial charge in [0.2, 0.25) is 0 Å². The summed E-state index contributed by atoms with van der Waals surface area (Å²) in [7, 11) is 0. The summed E-state index contributed by atoms with van der Waals surface area (Å²) in [4.78, 5) is 37.5. The fourth-order valence-corrected chi connectivity index (χ4v) is 6.11. The van der Waals surface area contributed by atoms with Crippen molar-refractivity contribution in [1.82, 2.24) is 0 Å². The zero-order valence-electron chi connectivity index (χ0n) is 33.5. The quantitative estimate of drug-likeness (QED) is 0.0369. The first-order valence-electron chi connectivity index (χ1n) is 21.2. The molecule has 0 radical (unpaired) electrons. The van der Waals surface area contributed by atoms with Crippen LogP contribution in [-0.2, 0) is 28.6 Å². The molecule has 6 nitrogen and oxygen atoms in total. The lowest BCUT2D eigenvalue weighted by atomic mass is 9.99. The van der Waals surface area contributed by atoms with Crippen molar-refractivity contribution in [2.75, 3.05) is 13.2 Å². The van der Waals surface area contributed by atoms with Crippen molar-refractivity contribution in [3.05, 3.63) is 0 Å². The van der Waals surface area contributed by atoms with Crippen LogP contribution in [0.25, 0.3) is 0 Å². The van der Waals surface area contributed by atoms with E-state index in [1.165, 1.54) is 103 Å². The van der Waals surface area contributed by atoms with E-state index in [9.17, 15) is 14.4 Å². The Kier molecular flexibility index (Phi) is 33.7. The molecular weight excluding hydrogens is 612 g/mol. The molecule has 49 heavy (non-hydrogen) atoms. The molecule has 0 fully saturated rings. The molecule has 0 saturated heterocycles. The van der Waals surface area contributed by atoms with E-state index in [0.717, 1.165) is 75.5 Å². The second-order valence-electron chi connectivity index (χ2n) is 15.6. The lowest BCUT2D eigenvalue weighted by molar-refractivity contribution is -0.167. The van der Waals surface area contributed by atoms with E-state index in [-0.39, 0.29) is 31.1 Å². The summed E-state index contributed by atoms with van der Waals surface area (Å²) in [5.41, 5.74) is 0. The van der Waals surface area contributed by atoms with Gasteiger partial charge in [-0.1, -0.05) is 183 Å². The first-order valence-corrected chi connectivity index (χ1v) is 21.2. The zero-order chi connectivity index (χ0) is 36.4. The van der Waals surface area contributed by atoms with Crippen molar-refractivity contribution in [1.29, 1.82) is 0 Å². The number of hydrogen-bond acceptors (Lipinski definition) is 6. The van der Waals surface area contributed by atoms with E-state index in [0.29, 0.717) is 19.3 Å². The van der Waals surface area contributed by atoms with Gasteiger partial charge >= 0.3 is 17.9 Å². The molecule has 0 aliphatic heterocycles. The van der Waals surface area contributed by atoms with Crippen LogP contribution in [0.5, 0.6) is 0 Å². The van der Waals surface area contributed by atoms with E-state index in [2.05, 4.69) is 41.5 Å². The van der Waals surface area contributed by atoms with Gasteiger partial charge in [0.15, 0.2) is 6.10 Å². The lowest BCUT2D eigenvalue weighted by Gasteiger charge is -2.18. The smallest absolute Gasteiger partial charge is 0.306 e. The van der Waals surface area contributed by atoms with E-state index in [1.54, 1.807) is 0 Å². The Labute approximate surface area is 304 Å². The monoisotopic (exact) mass is 695 g/mol. The Hall–Kier alpha value is -1.59. The van der Waals surface area contributed by atoms with Crippen molar-refractivity contribution >= 4 is 17.9 Å². The standard InChI is InChI=1S/C43H82O6/c1-7-38(5)30-24-18-11-9-10-12-20-26-32-41(44)47-35-40(49-43(46)34-28-22-15-13-17-23-29-37(3)4)36-48-42(45)33-27-21-16-14-19-25-31-39(6)8-2/h37-40H,7-36H2,1-6H3/t38?,39?,40-/m1/s1. The molecule has 0 aromatic rings. The summed E-state index contributed by atoms with van der Waals surface area (Å²) >= 11 is 0. The zero-order valence-corrected chi connectivity index (χ0v) is 33.5. The number of unbranched alkanes of at least 4 members (excludes halogenated alkanes) is 17. The van der Waals surface area contributed by atoms with Crippen LogP contribution in [0.2, 0.25) is 0 Å². The van der Waals surface area contributed by atoms with Crippen LogP contribution in [0.4, 0.5) is 0 Å². The van der Waals surface area contributed by atoms with Gasteiger partial charge < -0.3 is 14.2 Å². The Morgan fingerprint density at radius 2 is 0.714 bits per heavy atom. The van der Waals surface area contributed by atoms with E-state index >= 15 is 0 Å². The van der Waals surface area contributed by atoms with Gasteiger partial charge in [-0.3, -0.25) is 14.4 Å². The molecular formula is C43H82O6. The molecule has 3 atom stereocenters. The summed E-state index contributed by atoms with van der Waals surface area (Å²) in [6.07, 6.45) is 29.6. The number of carbonyl (C=O) groups is 3. The minimum Gasteiger partial charge on any atom is -0.462 e. The number of hydrogen-bond donors (Lipinski definition) is 0. The lowest BCUT2D eigenvalue weighted by Crippen LogP contribution is -2.30. The Balaban J connectivity index is 4.37. The van der Waals surface area contributed by atoms with Crippen LogP contribution in [-0.4, -0.2) is 37.2 Å². The maximum Gasteiger partial charge on any atom is 0.306 e. The van der Waals surface area contributed by atoms with Gasteiger partial charge in [-0.15, -0.1) is 0 Å². The van der Waals surface area contributed by atoms with E-state index in [1.807, 2.05) is 0 Å². The largest absolute Gasteiger partial charge is 0.462 e. The highest BCUT2D eigenvalue weighted by atomic mass is 16.6. The van der Waals surface area contributed by atoms with Gasteiger partial charge in [0.05, 0.1) is 0 Å². The van der Waals surface area contributed by atoms with E-state index in [4.69, 9.17) is 14.2 Å². The minimum absolute atomic E-state index is 0.0685. The molecule has 0 aliphatic rings. The molecule has 0 spiro atoms. The third kappa shape index (κ3) is 34.6. The van der Waals surface area contributed by atoms with Gasteiger partial charge in [-0.05, 0) is 37.0 Å². The van der Waals surface area contributed by atoms with Gasteiger partial charge in [-0.25, -0.2) is 0 Å². The van der Waals surface area contributed by atoms with Crippen LogP contribution >= 0.6 is 0 Å². The normalized spacial score (nSPS) is 13.3. The van der Waals surface area contributed by atoms with Crippen LogP contribution in [0.15, 0.2) is 0 Å². The minimum atomic E-state index is -0.762.